The molecule has 0 atom stereocenters. The number of anilines is 1. The van der Waals surface area contributed by atoms with Gasteiger partial charge in [0.05, 0.1) is 5.69 Å². The molecule has 0 amide bonds. The lowest BCUT2D eigenvalue weighted by atomic mass is 10.5. The molecule has 0 aromatic carbocycles. The van der Waals surface area contributed by atoms with Crippen LogP contribution >= 0.6 is 0 Å². The highest BCUT2D eigenvalue weighted by Crippen LogP contribution is 2.08. The summed E-state index contributed by atoms with van der Waals surface area (Å²) in [6, 6.07) is 0. The molecule has 0 aliphatic heterocycles. The van der Waals surface area contributed by atoms with Crippen LogP contribution in [0.25, 0.3) is 0 Å². The number of rotatable bonds is 6. The number of hydrogen-bond donors (Lipinski definition) is 1. The Morgan fingerprint density at radius 2 is 2.20 bits per heavy atom. The van der Waals surface area contributed by atoms with Gasteiger partial charge in [-0.15, -0.1) is 0 Å². The quantitative estimate of drug-likeness (QED) is 0.774. The van der Waals surface area contributed by atoms with Gasteiger partial charge in [0.1, 0.15) is 0 Å². The van der Waals surface area contributed by atoms with E-state index in [2.05, 4.69) is 47.0 Å². The lowest BCUT2D eigenvalue weighted by Gasteiger charge is -2.12. The van der Waals surface area contributed by atoms with Gasteiger partial charge in [-0.1, -0.05) is 6.92 Å². The molecule has 4 heteroatoms. The number of nitrogens with one attached hydrogen (secondary N) is 1. The van der Waals surface area contributed by atoms with Gasteiger partial charge < -0.3 is 14.8 Å². The zero-order valence-corrected chi connectivity index (χ0v) is 10.2. The summed E-state index contributed by atoms with van der Waals surface area (Å²) in [5, 5.41) is 3.36. The van der Waals surface area contributed by atoms with Crippen LogP contribution in [0.2, 0.25) is 0 Å². The molecule has 0 aliphatic rings. The van der Waals surface area contributed by atoms with Gasteiger partial charge in [-0.25, -0.2) is 4.98 Å². The molecule has 86 valence electrons. The van der Waals surface area contributed by atoms with Crippen LogP contribution in [0.15, 0.2) is 6.20 Å². The molecule has 1 heterocycles. The van der Waals surface area contributed by atoms with E-state index in [0.29, 0.717) is 0 Å². The van der Waals surface area contributed by atoms with E-state index in [0.717, 1.165) is 37.7 Å². The molecule has 0 unspecified atom stereocenters. The summed E-state index contributed by atoms with van der Waals surface area (Å²) >= 11 is 0. The molecule has 1 rings (SSSR count). The van der Waals surface area contributed by atoms with Crippen molar-refractivity contribution in [1.82, 2.24) is 14.5 Å². The molecular formula is C11H22N4. The first-order valence-electron chi connectivity index (χ1n) is 5.56. The number of aryl methyl sites for hydroxylation is 2. The van der Waals surface area contributed by atoms with Crippen molar-refractivity contribution in [2.75, 3.05) is 32.5 Å². The van der Waals surface area contributed by atoms with Gasteiger partial charge in [-0.2, -0.15) is 0 Å². The van der Waals surface area contributed by atoms with Crippen LogP contribution in [0.1, 0.15) is 19.0 Å². The fourth-order valence-electron chi connectivity index (χ4n) is 1.49. The maximum atomic E-state index is 4.46. The second-order valence-corrected chi connectivity index (χ2v) is 4.13. The average Bonchev–Trinajstić information content (AvgIpc) is 2.47. The minimum atomic E-state index is 0.938. The van der Waals surface area contributed by atoms with Crippen molar-refractivity contribution in [1.29, 1.82) is 0 Å². The lowest BCUT2D eigenvalue weighted by Crippen LogP contribution is -2.22. The predicted molar refractivity (Wildman–Crippen MR) is 64.3 cm³/mol. The van der Waals surface area contributed by atoms with Gasteiger partial charge in [0, 0.05) is 25.8 Å². The lowest BCUT2D eigenvalue weighted by molar-refractivity contribution is 0.424. The van der Waals surface area contributed by atoms with E-state index in [1.165, 1.54) is 0 Å². The number of imidazole rings is 1. The van der Waals surface area contributed by atoms with Gasteiger partial charge in [0.15, 0.2) is 0 Å². The first-order chi connectivity index (χ1) is 7.13. The number of nitrogens with zero attached hydrogens (tertiary/aromatic N) is 3. The van der Waals surface area contributed by atoms with Gasteiger partial charge in [0.25, 0.3) is 0 Å². The summed E-state index contributed by atoms with van der Waals surface area (Å²) in [7, 11) is 4.15. The van der Waals surface area contributed by atoms with Crippen molar-refractivity contribution in [2.24, 2.45) is 0 Å². The maximum Gasteiger partial charge on any atom is 0.203 e. The van der Waals surface area contributed by atoms with Crippen molar-refractivity contribution in [3.05, 3.63) is 11.9 Å². The largest absolute Gasteiger partial charge is 0.354 e. The Bertz CT molecular complexity index is 291. The van der Waals surface area contributed by atoms with E-state index in [1.54, 1.807) is 0 Å². The van der Waals surface area contributed by atoms with E-state index in [1.807, 2.05) is 6.92 Å². The van der Waals surface area contributed by atoms with Crippen molar-refractivity contribution in [3.63, 3.8) is 0 Å². The highest BCUT2D eigenvalue weighted by Gasteiger charge is 2.03. The molecule has 1 aromatic heterocycles. The second-order valence-electron chi connectivity index (χ2n) is 4.13. The summed E-state index contributed by atoms with van der Waals surface area (Å²) in [6.45, 7) is 7.21. The van der Waals surface area contributed by atoms with Crippen LogP contribution in [-0.2, 0) is 6.54 Å². The Hall–Kier alpha value is -1.03. The molecule has 1 N–H and O–H groups in total. The van der Waals surface area contributed by atoms with E-state index in [9.17, 15) is 0 Å². The Morgan fingerprint density at radius 3 is 2.80 bits per heavy atom. The van der Waals surface area contributed by atoms with Gasteiger partial charge in [-0.3, -0.25) is 0 Å². The van der Waals surface area contributed by atoms with Gasteiger partial charge in [-0.05, 0) is 27.4 Å². The smallest absolute Gasteiger partial charge is 0.203 e. The Morgan fingerprint density at radius 1 is 1.47 bits per heavy atom. The molecule has 0 aliphatic carbocycles. The van der Waals surface area contributed by atoms with Crippen LogP contribution in [0.4, 0.5) is 5.95 Å². The summed E-state index contributed by atoms with van der Waals surface area (Å²) in [6.07, 6.45) is 3.24. The number of hydrogen-bond acceptors (Lipinski definition) is 3. The topological polar surface area (TPSA) is 33.1 Å². The molecule has 0 saturated heterocycles. The predicted octanol–water partition coefficient (Wildman–Crippen LogP) is 1.58. The van der Waals surface area contributed by atoms with Crippen molar-refractivity contribution >= 4 is 5.95 Å². The molecule has 0 spiro atoms. The first kappa shape index (κ1) is 12.0. The third kappa shape index (κ3) is 3.91. The van der Waals surface area contributed by atoms with Crippen molar-refractivity contribution in [3.8, 4) is 0 Å². The third-order valence-electron chi connectivity index (χ3n) is 2.20. The number of likely N-dealkylation sites (N-methyl/N-ethyl adjacent to an activating group) is 1. The average molecular weight is 210 g/mol. The summed E-state index contributed by atoms with van der Waals surface area (Å²) < 4.78 is 2.19. The fourth-order valence-corrected chi connectivity index (χ4v) is 1.49. The van der Waals surface area contributed by atoms with Gasteiger partial charge >= 0.3 is 0 Å². The van der Waals surface area contributed by atoms with Gasteiger partial charge in [0.2, 0.25) is 5.95 Å². The summed E-state index contributed by atoms with van der Waals surface area (Å²) in [5.41, 5.74) is 1.08. The second kappa shape index (κ2) is 5.75. The molecule has 0 radical (unpaired) electrons. The van der Waals surface area contributed by atoms with Crippen LogP contribution < -0.4 is 5.32 Å². The maximum absolute atomic E-state index is 4.46. The van der Waals surface area contributed by atoms with Crippen LogP contribution in [0, 0.1) is 6.92 Å². The summed E-state index contributed by atoms with van der Waals surface area (Å²) in [5.74, 6) is 0.996. The minimum Gasteiger partial charge on any atom is -0.354 e. The molecule has 15 heavy (non-hydrogen) atoms. The SMILES string of the molecule is CCCn1cc(C)nc1NCCN(C)C. The van der Waals surface area contributed by atoms with Crippen molar-refractivity contribution in [2.45, 2.75) is 26.8 Å². The van der Waals surface area contributed by atoms with E-state index < -0.39 is 0 Å². The molecule has 0 bridgehead atoms. The van der Waals surface area contributed by atoms with Crippen LogP contribution in [-0.4, -0.2) is 41.6 Å². The first-order valence-corrected chi connectivity index (χ1v) is 5.56. The molecular weight excluding hydrogens is 188 g/mol. The molecule has 0 saturated carbocycles. The monoisotopic (exact) mass is 210 g/mol. The zero-order valence-electron chi connectivity index (χ0n) is 10.2. The fraction of sp³-hybridized carbons (Fsp3) is 0.727. The standard InChI is InChI=1S/C11H22N4/c1-5-7-15-9-10(2)13-11(15)12-6-8-14(3)4/h9H,5-8H2,1-4H3,(H,12,13). The molecule has 4 nitrogen and oxygen atoms in total. The third-order valence-corrected chi connectivity index (χ3v) is 2.20. The Labute approximate surface area is 92.3 Å². The van der Waals surface area contributed by atoms with Crippen LogP contribution in [0.3, 0.4) is 0 Å². The highest BCUT2D eigenvalue weighted by atomic mass is 15.2. The molecule has 1 aromatic rings. The summed E-state index contributed by atoms with van der Waals surface area (Å²) in [4.78, 5) is 6.62. The van der Waals surface area contributed by atoms with Crippen molar-refractivity contribution < 1.29 is 0 Å². The highest BCUT2D eigenvalue weighted by molar-refractivity contribution is 5.28. The minimum absolute atomic E-state index is 0.938. The Balaban J connectivity index is 2.51. The van der Waals surface area contributed by atoms with Crippen LogP contribution in [0.5, 0.6) is 0 Å². The number of aromatic nitrogens is 2. The van der Waals surface area contributed by atoms with E-state index in [4.69, 9.17) is 0 Å². The normalized spacial score (nSPS) is 11.0. The van der Waals surface area contributed by atoms with E-state index >= 15 is 0 Å². The zero-order chi connectivity index (χ0) is 11.3. The molecule has 0 fully saturated rings. The van der Waals surface area contributed by atoms with E-state index in [-0.39, 0.29) is 0 Å². The Kier molecular flexibility index (Phi) is 4.62.